The molecule has 5 heteroatoms. The number of benzene rings is 2. The molecule has 2 aromatic rings. The molecule has 4 nitrogen and oxygen atoms in total. The predicted molar refractivity (Wildman–Crippen MR) is 80.0 cm³/mol. The van der Waals surface area contributed by atoms with Crippen molar-refractivity contribution >= 4 is 17.4 Å². The maximum absolute atomic E-state index is 8.82. The fraction of sp³-hybridized carbons (Fsp3) is 0.133. The molecule has 2 aromatic carbocycles. The average molecular weight is 291 g/mol. The zero-order chi connectivity index (χ0) is 14.7. The van der Waals surface area contributed by atoms with E-state index in [4.69, 9.17) is 27.3 Å². The Morgan fingerprint density at radius 1 is 1.15 bits per heavy atom. The summed E-state index contributed by atoms with van der Waals surface area (Å²) < 4.78 is 5.84. The fourth-order valence-electron chi connectivity index (χ4n) is 1.88. The number of ether oxygens (including phenoxy) is 1. The highest BCUT2D eigenvalue weighted by Crippen LogP contribution is 2.30. The van der Waals surface area contributed by atoms with Crippen LogP contribution in [0.2, 0.25) is 5.02 Å². The Balaban J connectivity index is 2.43. The summed E-state index contributed by atoms with van der Waals surface area (Å²) >= 11 is 5.93. The van der Waals surface area contributed by atoms with Gasteiger partial charge in [0.1, 0.15) is 11.5 Å². The van der Waals surface area contributed by atoms with E-state index in [9.17, 15) is 0 Å². The molecule has 0 spiro atoms. The number of hydrogen-bond acceptors (Lipinski definition) is 3. The van der Waals surface area contributed by atoms with Gasteiger partial charge in [0, 0.05) is 5.02 Å². The van der Waals surface area contributed by atoms with E-state index in [1.165, 1.54) is 0 Å². The van der Waals surface area contributed by atoms with Crippen molar-refractivity contribution in [2.45, 2.75) is 13.8 Å². The highest BCUT2D eigenvalue weighted by atomic mass is 35.5. The lowest BCUT2D eigenvalue weighted by molar-refractivity contribution is 0.318. The minimum atomic E-state index is -0.0488. The second-order valence-electron chi connectivity index (χ2n) is 4.50. The van der Waals surface area contributed by atoms with E-state index in [-0.39, 0.29) is 5.84 Å². The van der Waals surface area contributed by atoms with Crippen LogP contribution in [0.25, 0.3) is 0 Å². The molecule has 0 amide bonds. The van der Waals surface area contributed by atoms with Crippen LogP contribution in [-0.4, -0.2) is 11.0 Å². The molecule has 20 heavy (non-hydrogen) atoms. The van der Waals surface area contributed by atoms with Crippen molar-refractivity contribution in [2.24, 2.45) is 10.9 Å². The number of nitrogens with zero attached hydrogens (tertiary/aromatic N) is 1. The van der Waals surface area contributed by atoms with Crippen LogP contribution in [0, 0.1) is 13.8 Å². The van der Waals surface area contributed by atoms with Crippen molar-refractivity contribution < 1.29 is 9.94 Å². The first-order valence-corrected chi connectivity index (χ1v) is 6.41. The molecule has 0 saturated heterocycles. The standard InChI is InChI=1S/C15H15ClN2O2/c1-9-3-5-13(10(2)7-9)20-14-6-4-11(16)8-12(14)15(17)18-19/h3-8,19H,1-2H3,(H2,17,18). The largest absolute Gasteiger partial charge is 0.456 e. The van der Waals surface area contributed by atoms with Gasteiger partial charge in [-0.15, -0.1) is 0 Å². The average Bonchev–Trinajstić information content (AvgIpc) is 2.42. The molecule has 0 heterocycles. The third kappa shape index (κ3) is 3.03. The van der Waals surface area contributed by atoms with Gasteiger partial charge in [-0.2, -0.15) is 0 Å². The molecule has 0 unspecified atom stereocenters. The first-order valence-electron chi connectivity index (χ1n) is 6.04. The van der Waals surface area contributed by atoms with Crippen molar-refractivity contribution in [3.05, 3.63) is 58.1 Å². The maximum atomic E-state index is 8.82. The first-order chi connectivity index (χ1) is 9.51. The van der Waals surface area contributed by atoms with Crippen molar-refractivity contribution in [3.8, 4) is 11.5 Å². The molecule has 104 valence electrons. The lowest BCUT2D eigenvalue weighted by atomic mass is 10.1. The Morgan fingerprint density at radius 2 is 1.85 bits per heavy atom. The Morgan fingerprint density at radius 3 is 2.50 bits per heavy atom. The van der Waals surface area contributed by atoms with Crippen molar-refractivity contribution in [3.63, 3.8) is 0 Å². The van der Waals surface area contributed by atoms with Crippen LogP contribution < -0.4 is 10.5 Å². The molecule has 2 rings (SSSR count). The van der Waals surface area contributed by atoms with Crippen LogP contribution in [0.15, 0.2) is 41.6 Å². The lowest BCUT2D eigenvalue weighted by Gasteiger charge is -2.13. The molecule has 0 fully saturated rings. The van der Waals surface area contributed by atoms with Gasteiger partial charge in [0.05, 0.1) is 5.56 Å². The summed E-state index contributed by atoms with van der Waals surface area (Å²) in [5, 5.41) is 12.3. The second-order valence-corrected chi connectivity index (χ2v) is 4.93. The zero-order valence-corrected chi connectivity index (χ0v) is 12.0. The van der Waals surface area contributed by atoms with Gasteiger partial charge in [0.15, 0.2) is 5.84 Å². The first kappa shape index (κ1) is 14.2. The van der Waals surface area contributed by atoms with Gasteiger partial charge in [-0.3, -0.25) is 0 Å². The summed E-state index contributed by atoms with van der Waals surface area (Å²) in [6.45, 7) is 3.97. The molecule has 3 N–H and O–H groups in total. The van der Waals surface area contributed by atoms with E-state index in [2.05, 4.69) is 5.16 Å². The number of aryl methyl sites for hydroxylation is 2. The van der Waals surface area contributed by atoms with Crippen LogP contribution >= 0.6 is 11.6 Å². The topological polar surface area (TPSA) is 67.8 Å². The molecule has 0 radical (unpaired) electrons. The lowest BCUT2D eigenvalue weighted by Crippen LogP contribution is -2.14. The summed E-state index contributed by atoms with van der Waals surface area (Å²) in [5.74, 6) is 1.15. The Bertz CT molecular complexity index is 669. The number of hydrogen-bond donors (Lipinski definition) is 2. The quantitative estimate of drug-likeness (QED) is 0.390. The molecular formula is C15H15ClN2O2. The zero-order valence-electron chi connectivity index (χ0n) is 11.2. The van der Waals surface area contributed by atoms with E-state index in [0.717, 1.165) is 11.1 Å². The third-order valence-corrected chi connectivity index (χ3v) is 3.11. The summed E-state index contributed by atoms with van der Waals surface area (Å²) in [4.78, 5) is 0. The summed E-state index contributed by atoms with van der Waals surface area (Å²) in [6.07, 6.45) is 0. The van der Waals surface area contributed by atoms with Gasteiger partial charge in [0.2, 0.25) is 0 Å². The van der Waals surface area contributed by atoms with Crippen LogP contribution in [0.5, 0.6) is 11.5 Å². The smallest absolute Gasteiger partial charge is 0.173 e. The van der Waals surface area contributed by atoms with Gasteiger partial charge in [-0.25, -0.2) is 0 Å². The Hall–Kier alpha value is -2.20. The second kappa shape index (κ2) is 5.84. The van der Waals surface area contributed by atoms with Gasteiger partial charge >= 0.3 is 0 Å². The number of halogens is 1. The van der Waals surface area contributed by atoms with E-state index in [1.54, 1.807) is 18.2 Å². The molecule has 0 aliphatic carbocycles. The van der Waals surface area contributed by atoms with Gasteiger partial charge in [-0.05, 0) is 43.7 Å². The summed E-state index contributed by atoms with van der Waals surface area (Å²) in [7, 11) is 0. The Kier molecular flexibility index (Phi) is 4.15. The third-order valence-electron chi connectivity index (χ3n) is 2.88. The van der Waals surface area contributed by atoms with E-state index >= 15 is 0 Å². The van der Waals surface area contributed by atoms with Gasteiger partial charge < -0.3 is 15.7 Å². The molecule has 0 bridgehead atoms. The number of amidine groups is 1. The van der Waals surface area contributed by atoms with Gasteiger partial charge in [0.25, 0.3) is 0 Å². The molecular weight excluding hydrogens is 276 g/mol. The molecule has 0 saturated carbocycles. The monoisotopic (exact) mass is 290 g/mol. The van der Waals surface area contributed by atoms with E-state index < -0.39 is 0 Å². The van der Waals surface area contributed by atoms with Crippen LogP contribution in [-0.2, 0) is 0 Å². The molecule has 0 atom stereocenters. The normalized spacial score (nSPS) is 11.4. The summed E-state index contributed by atoms with van der Waals surface area (Å²) in [5.41, 5.74) is 8.25. The molecule has 0 aliphatic heterocycles. The number of nitrogens with two attached hydrogens (primary N) is 1. The van der Waals surface area contributed by atoms with E-state index in [1.807, 2.05) is 32.0 Å². The number of rotatable bonds is 3. The minimum Gasteiger partial charge on any atom is -0.456 e. The van der Waals surface area contributed by atoms with Crippen molar-refractivity contribution in [1.29, 1.82) is 0 Å². The van der Waals surface area contributed by atoms with Crippen LogP contribution in [0.4, 0.5) is 0 Å². The molecule has 0 aromatic heterocycles. The predicted octanol–water partition coefficient (Wildman–Crippen LogP) is 3.84. The SMILES string of the molecule is Cc1ccc(Oc2ccc(Cl)cc2C(N)=NO)c(C)c1. The highest BCUT2D eigenvalue weighted by Gasteiger charge is 2.11. The minimum absolute atomic E-state index is 0.0488. The fourth-order valence-corrected chi connectivity index (χ4v) is 2.05. The van der Waals surface area contributed by atoms with Crippen molar-refractivity contribution in [2.75, 3.05) is 0 Å². The maximum Gasteiger partial charge on any atom is 0.173 e. The summed E-state index contributed by atoms with van der Waals surface area (Å²) in [6, 6.07) is 10.8. The van der Waals surface area contributed by atoms with Crippen LogP contribution in [0.1, 0.15) is 16.7 Å². The van der Waals surface area contributed by atoms with Crippen LogP contribution in [0.3, 0.4) is 0 Å². The van der Waals surface area contributed by atoms with E-state index in [0.29, 0.717) is 22.1 Å². The number of oxime groups is 1. The van der Waals surface area contributed by atoms with Gasteiger partial charge in [-0.1, -0.05) is 34.5 Å². The Labute approximate surface area is 122 Å². The highest BCUT2D eigenvalue weighted by molar-refractivity contribution is 6.31. The molecule has 0 aliphatic rings. The van der Waals surface area contributed by atoms with Crippen molar-refractivity contribution in [1.82, 2.24) is 0 Å².